The number of hydrogen-bond acceptors (Lipinski definition) is 6. The van der Waals surface area contributed by atoms with Crippen LogP contribution in [0.3, 0.4) is 0 Å². The summed E-state index contributed by atoms with van der Waals surface area (Å²) in [6.45, 7) is 1.94. The quantitative estimate of drug-likeness (QED) is 0.637. The largest absolute Gasteiger partial charge is 0.487 e. The molecule has 0 aliphatic heterocycles. The Morgan fingerprint density at radius 1 is 1.56 bits per heavy atom. The van der Waals surface area contributed by atoms with E-state index in [9.17, 15) is 10.1 Å². The molecule has 1 aromatic carbocycles. The summed E-state index contributed by atoms with van der Waals surface area (Å²) in [7, 11) is 0. The van der Waals surface area contributed by atoms with Crippen molar-refractivity contribution >= 4 is 28.8 Å². The van der Waals surface area contributed by atoms with Crippen LogP contribution in [0.2, 0.25) is 4.34 Å². The van der Waals surface area contributed by atoms with Crippen LogP contribution in [-0.2, 0) is 6.61 Å². The number of nitro groups is 1. The minimum Gasteiger partial charge on any atom is -0.487 e. The van der Waals surface area contributed by atoms with Crippen molar-refractivity contribution in [2.45, 2.75) is 13.5 Å². The lowest BCUT2D eigenvalue weighted by Gasteiger charge is -2.07. The smallest absolute Gasteiger partial charge is 0.273 e. The van der Waals surface area contributed by atoms with E-state index in [1.54, 1.807) is 13.0 Å². The molecule has 0 fully saturated rings. The maximum atomic E-state index is 10.7. The van der Waals surface area contributed by atoms with Crippen LogP contribution in [0.15, 0.2) is 18.2 Å². The minimum absolute atomic E-state index is 0.0156. The maximum Gasteiger partial charge on any atom is 0.273 e. The van der Waals surface area contributed by atoms with Gasteiger partial charge < -0.3 is 4.74 Å². The summed E-state index contributed by atoms with van der Waals surface area (Å²) < 4.78 is 9.60. The molecule has 0 unspecified atom stereocenters. The zero-order valence-corrected chi connectivity index (χ0v) is 10.9. The van der Waals surface area contributed by atoms with Gasteiger partial charge in [0.15, 0.2) is 0 Å². The molecule has 2 rings (SSSR count). The van der Waals surface area contributed by atoms with Gasteiger partial charge in [-0.25, -0.2) is 0 Å². The number of aryl methyl sites for hydroxylation is 1. The average molecular weight is 286 g/mol. The Labute approximate surface area is 111 Å². The Morgan fingerprint density at radius 2 is 2.33 bits per heavy atom. The van der Waals surface area contributed by atoms with Crippen molar-refractivity contribution in [2.75, 3.05) is 0 Å². The molecule has 1 aromatic heterocycles. The second kappa shape index (κ2) is 5.28. The Balaban J connectivity index is 2.16. The van der Waals surface area contributed by atoms with E-state index in [2.05, 4.69) is 9.59 Å². The first kappa shape index (κ1) is 12.7. The third kappa shape index (κ3) is 2.74. The molecule has 0 saturated heterocycles. The van der Waals surface area contributed by atoms with Gasteiger partial charge in [0.25, 0.3) is 5.69 Å². The van der Waals surface area contributed by atoms with Gasteiger partial charge in [-0.05, 0) is 18.6 Å². The summed E-state index contributed by atoms with van der Waals surface area (Å²) in [5.74, 6) is 0.438. The molecule has 6 nitrogen and oxygen atoms in total. The number of hydrogen-bond donors (Lipinski definition) is 0. The molecule has 0 aliphatic rings. The van der Waals surface area contributed by atoms with Crippen molar-refractivity contribution in [1.29, 1.82) is 0 Å². The van der Waals surface area contributed by atoms with Crippen LogP contribution in [0.4, 0.5) is 5.69 Å². The molecular weight excluding hydrogens is 278 g/mol. The monoisotopic (exact) mass is 285 g/mol. The summed E-state index contributed by atoms with van der Waals surface area (Å²) in [6.07, 6.45) is 0. The van der Waals surface area contributed by atoms with E-state index in [0.717, 1.165) is 17.1 Å². The number of nitro benzene ring substituents is 1. The van der Waals surface area contributed by atoms with Crippen molar-refractivity contribution in [3.63, 3.8) is 0 Å². The second-order valence-corrected chi connectivity index (χ2v) is 4.85. The molecule has 0 aliphatic carbocycles. The number of rotatable bonds is 4. The third-order valence-corrected chi connectivity index (χ3v) is 3.24. The Hall–Kier alpha value is -1.73. The van der Waals surface area contributed by atoms with Crippen LogP contribution in [0.5, 0.6) is 5.75 Å². The van der Waals surface area contributed by atoms with Gasteiger partial charge in [0.2, 0.25) is 0 Å². The van der Waals surface area contributed by atoms with Gasteiger partial charge >= 0.3 is 0 Å². The van der Waals surface area contributed by atoms with Crippen molar-refractivity contribution in [3.05, 3.63) is 43.9 Å². The fourth-order valence-electron chi connectivity index (χ4n) is 1.29. The first-order valence-electron chi connectivity index (χ1n) is 4.92. The molecule has 0 N–H and O–H groups in total. The second-order valence-electron chi connectivity index (χ2n) is 3.49. The predicted molar refractivity (Wildman–Crippen MR) is 67.1 cm³/mol. The molecule has 18 heavy (non-hydrogen) atoms. The van der Waals surface area contributed by atoms with Gasteiger partial charge in [-0.15, -0.1) is 5.10 Å². The highest BCUT2D eigenvalue weighted by Gasteiger charge is 2.11. The van der Waals surface area contributed by atoms with Crippen molar-refractivity contribution in [2.24, 2.45) is 0 Å². The summed E-state index contributed by atoms with van der Waals surface area (Å²) in [6, 6.07) is 4.44. The number of ether oxygens (including phenoxy) is 1. The van der Waals surface area contributed by atoms with Gasteiger partial charge in [-0.3, -0.25) is 10.1 Å². The fraction of sp³-hybridized carbons (Fsp3) is 0.200. The van der Waals surface area contributed by atoms with E-state index in [1.807, 2.05) is 0 Å². The standard InChI is InChI=1S/C10H8ClN3O3S/c1-6-2-3-7(14(15)16)4-9(6)17-5-8-10(11)18-13-12-8/h2-4H,5H2,1H3. The molecular formula is C10H8ClN3O3S. The zero-order valence-electron chi connectivity index (χ0n) is 9.29. The average Bonchev–Trinajstić information content (AvgIpc) is 2.73. The lowest BCUT2D eigenvalue weighted by Crippen LogP contribution is -1.99. The first-order valence-corrected chi connectivity index (χ1v) is 6.07. The van der Waals surface area contributed by atoms with E-state index in [-0.39, 0.29) is 12.3 Å². The molecule has 0 spiro atoms. The summed E-state index contributed by atoms with van der Waals surface area (Å²) >= 11 is 6.90. The number of aromatic nitrogens is 2. The number of non-ortho nitro benzene ring substituents is 1. The van der Waals surface area contributed by atoms with E-state index >= 15 is 0 Å². The normalized spacial score (nSPS) is 10.3. The van der Waals surface area contributed by atoms with Crippen molar-refractivity contribution in [1.82, 2.24) is 9.59 Å². The molecule has 1 heterocycles. The van der Waals surface area contributed by atoms with E-state index < -0.39 is 4.92 Å². The number of halogens is 1. The molecule has 0 radical (unpaired) electrons. The molecule has 94 valence electrons. The predicted octanol–water partition coefficient (Wildman–Crippen LogP) is 2.99. The van der Waals surface area contributed by atoms with Crippen molar-refractivity contribution < 1.29 is 9.66 Å². The van der Waals surface area contributed by atoms with Crippen LogP contribution in [-0.4, -0.2) is 14.5 Å². The number of benzene rings is 1. The Bertz CT molecular complexity index is 587. The highest BCUT2D eigenvalue weighted by molar-refractivity contribution is 7.10. The molecule has 0 bridgehead atoms. The van der Waals surface area contributed by atoms with E-state index in [4.69, 9.17) is 16.3 Å². The first-order chi connectivity index (χ1) is 8.58. The maximum absolute atomic E-state index is 10.7. The van der Waals surface area contributed by atoms with Crippen LogP contribution < -0.4 is 4.74 Å². The van der Waals surface area contributed by atoms with Crippen LogP contribution >= 0.6 is 23.1 Å². The molecule has 2 aromatic rings. The van der Waals surface area contributed by atoms with E-state index in [0.29, 0.717) is 15.8 Å². The summed E-state index contributed by atoms with van der Waals surface area (Å²) in [5.41, 5.74) is 1.31. The molecule has 0 atom stereocenters. The van der Waals surface area contributed by atoms with Crippen LogP contribution in [0.25, 0.3) is 0 Å². The fourth-order valence-corrected chi connectivity index (χ4v) is 1.89. The number of nitrogens with zero attached hydrogens (tertiary/aromatic N) is 3. The third-order valence-electron chi connectivity index (χ3n) is 2.26. The highest BCUT2D eigenvalue weighted by Crippen LogP contribution is 2.26. The van der Waals surface area contributed by atoms with Gasteiger partial charge in [-0.2, -0.15) is 0 Å². The van der Waals surface area contributed by atoms with Crippen molar-refractivity contribution in [3.8, 4) is 5.75 Å². The lowest BCUT2D eigenvalue weighted by molar-refractivity contribution is -0.385. The zero-order chi connectivity index (χ0) is 13.1. The van der Waals surface area contributed by atoms with E-state index in [1.165, 1.54) is 12.1 Å². The van der Waals surface area contributed by atoms with Gasteiger partial charge in [0.1, 0.15) is 22.4 Å². The van der Waals surface area contributed by atoms with Gasteiger partial charge in [-0.1, -0.05) is 16.1 Å². The molecule has 0 saturated carbocycles. The van der Waals surface area contributed by atoms with Crippen LogP contribution in [0.1, 0.15) is 11.3 Å². The molecule has 0 amide bonds. The van der Waals surface area contributed by atoms with Gasteiger partial charge in [0.05, 0.1) is 11.0 Å². The van der Waals surface area contributed by atoms with Gasteiger partial charge in [0, 0.05) is 17.6 Å². The summed E-state index contributed by atoms with van der Waals surface area (Å²) in [4.78, 5) is 10.2. The Morgan fingerprint density at radius 3 is 2.94 bits per heavy atom. The SMILES string of the molecule is Cc1ccc([N+](=O)[O-])cc1OCc1nnsc1Cl. The summed E-state index contributed by atoms with van der Waals surface area (Å²) in [5, 5.41) is 14.5. The highest BCUT2D eigenvalue weighted by atomic mass is 35.5. The van der Waals surface area contributed by atoms with Crippen LogP contribution in [0, 0.1) is 17.0 Å². The Kier molecular flexibility index (Phi) is 3.73. The molecule has 8 heteroatoms. The topological polar surface area (TPSA) is 78.2 Å². The lowest BCUT2D eigenvalue weighted by atomic mass is 10.2. The minimum atomic E-state index is -0.469.